The van der Waals surface area contributed by atoms with Crippen molar-refractivity contribution in [2.75, 3.05) is 48.1 Å². The van der Waals surface area contributed by atoms with Crippen LogP contribution in [0, 0.1) is 11.3 Å². The van der Waals surface area contributed by atoms with Crippen LogP contribution in [-0.2, 0) is 35.3 Å². The molecule has 3 heterocycles. The average molecular weight is 992 g/mol. The van der Waals surface area contributed by atoms with E-state index in [1.54, 1.807) is 37.8 Å². The highest BCUT2D eigenvalue weighted by atomic mass is 31.2. The number of hydrogen-bond donors (Lipinski definition) is 2. The number of halogens is 3. The van der Waals surface area contributed by atoms with Crippen molar-refractivity contribution in [2.45, 2.75) is 102 Å². The van der Waals surface area contributed by atoms with Gasteiger partial charge in [-0.2, -0.15) is 23.4 Å². The van der Waals surface area contributed by atoms with E-state index >= 15 is 0 Å². The molecule has 0 spiro atoms. The number of amides is 1. The highest BCUT2D eigenvalue weighted by Crippen LogP contribution is 2.51. The number of aryl methyl sites for hydroxylation is 1. The number of nitrogens with one attached hydrogen (secondary N) is 2. The molecular weight excluding hydrogens is 931 g/mol. The van der Waals surface area contributed by atoms with Crippen LogP contribution in [0.2, 0.25) is 0 Å². The van der Waals surface area contributed by atoms with Crippen LogP contribution in [0.15, 0.2) is 88.6 Å². The molecule has 17 nitrogen and oxygen atoms in total. The first-order chi connectivity index (χ1) is 33.5. The third-order valence-electron chi connectivity index (χ3n) is 11.4. The number of hydrogen-bond acceptors (Lipinski definition) is 13. The Morgan fingerprint density at radius 1 is 0.971 bits per heavy atom. The third kappa shape index (κ3) is 12.9. The Labute approximate surface area is 406 Å². The van der Waals surface area contributed by atoms with E-state index in [1.807, 2.05) is 112 Å². The number of nitrogens with zero attached hydrogens (tertiary/aromatic N) is 7. The molecule has 1 amide bonds. The minimum atomic E-state index is -5.02. The topological polar surface area (TPSA) is 191 Å². The van der Waals surface area contributed by atoms with Gasteiger partial charge in [-0.25, -0.2) is 14.6 Å². The maximum atomic E-state index is 13.7. The molecule has 376 valence electrons. The number of carbonyl (C=O) groups is 1. The molecule has 1 unspecified atom stereocenters. The summed E-state index contributed by atoms with van der Waals surface area (Å²) in [4.78, 5) is 43.5. The van der Waals surface area contributed by atoms with Crippen molar-refractivity contribution in [3.8, 4) is 17.6 Å². The van der Waals surface area contributed by atoms with Crippen molar-refractivity contribution < 1.29 is 46.0 Å². The monoisotopic (exact) mass is 991 g/mol. The van der Waals surface area contributed by atoms with Gasteiger partial charge in [0.1, 0.15) is 35.3 Å². The van der Waals surface area contributed by atoms with Crippen molar-refractivity contribution in [3.05, 3.63) is 112 Å². The van der Waals surface area contributed by atoms with E-state index in [-0.39, 0.29) is 81.1 Å². The molecule has 4 atom stereocenters. The lowest BCUT2D eigenvalue weighted by atomic mass is 9.80. The van der Waals surface area contributed by atoms with Crippen LogP contribution in [0.3, 0.4) is 0 Å². The largest absolute Gasteiger partial charge is 0.497 e. The summed E-state index contributed by atoms with van der Waals surface area (Å²) in [6.07, 6.45) is -5.06. The molecular formula is C49H61F3N9O8P. The van der Waals surface area contributed by atoms with Crippen LogP contribution in [0.5, 0.6) is 11.5 Å². The zero-order chi connectivity index (χ0) is 50.6. The SMILES string of the molecule is COc1ccc(C(OC[C@H]2O[C@@H](n3c(CCCCNC(=O)C(F)(F)F)nc4c(=O)[nH]c(/N=C/N(C)C)nc43)C[C@@H]2OP(OCCC#N)N(C(C)C)C(C)C)(c2ccccc2)c2ccc(OC)cc2)cc1. The van der Waals surface area contributed by atoms with Crippen molar-refractivity contribution in [1.29, 1.82) is 5.26 Å². The fourth-order valence-electron chi connectivity index (χ4n) is 8.25. The highest BCUT2D eigenvalue weighted by molar-refractivity contribution is 7.44. The Morgan fingerprint density at radius 2 is 1.59 bits per heavy atom. The maximum absolute atomic E-state index is 13.7. The molecule has 0 bridgehead atoms. The summed E-state index contributed by atoms with van der Waals surface area (Å²) < 4.78 is 81.8. The molecule has 70 heavy (non-hydrogen) atoms. The van der Waals surface area contributed by atoms with E-state index in [2.05, 4.69) is 20.7 Å². The molecule has 1 fully saturated rings. The van der Waals surface area contributed by atoms with Crippen LogP contribution in [0.1, 0.15) is 82.1 Å². The Hall–Kier alpha value is -5.94. The standard InChI is InChI=1S/C49H61F3N9O8P/c1-32(2)61(33(3)4)70(67-28-14-26-53)69-39-29-42(60-41(17-12-13-27-54-46(63)49(50,51)52)56-43-44(60)57-47(58-45(43)62)55-31-59(5)6)68-40(39)30-66-48(34-15-10-9-11-16-34,35-18-22-37(64-7)23-19-35)36-20-24-38(65-8)25-21-36/h9-11,15-16,18-25,31-33,39-40,42H,12-14,17,27-30H2,1-8H3,(H,54,63)(H,57,58,62)/b55-31+/t39-,40+,42+,70?/m0/s1. The number of imidazole rings is 1. The predicted octanol–water partition coefficient (Wildman–Crippen LogP) is 8.32. The lowest BCUT2D eigenvalue weighted by molar-refractivity contribution is -0.173. The number of aromatic amines is 1. The van der Waals surface area contributed by atoms with Crippen molar-refractivity contribution >= 4 is 37.9 Å². The second-order valence-corrected chi connectivity index (χ2v) is 18.7. The first-order valence-electron chi connectivity index (χ1n) is 23.0. The molecule has 0 radical (unpaired) electrons. The van der Waals surface area contributed by atoms with E-state index in [9.17, 15) is 28.0 Å². The number of fused-ring (bicyclic) bond motifs is 1. The summed E-state index contributed by atoms with van der Waals surface area (Å²) in [5.74, 6) is -0.357. The van der Waals surface area contributed by atoms with Crippen LogP contribution in [0.4, 0.5) is 19.1 Å². The van der Waals surface area contributed by atoms with E-state index in [0.717, 1.165) is 16.7 Å². The molecule has 1 aliphatic rings. The van der Waals surface area contributed by atoms with Crippen LogP contribution < -0.4 is 20.3 Å². The van der Waals surface area contributed by atoms with Gasteiger partial charge in [-0.15, -0.1) is 0 Å². The number of alkyl halides is 3. The smallest absolute Gasteiger partial charge is 0.471 e. The predicted molar refractivity (Wildman–Crippen MR) is 259 cm³/mol. The van der Waals surface area contributed by atoms with Gasteiger partial charge in [0.15, 0.2) is 11.2 Å². The molecule has 1 aliphatic heterocycles. The Morgan fingerprint density at radius 3 is 2.14 bits per heavy atom. The minimum Gasteiger partial charge on any atom is -0.497 e. The third-order valence-corrected chi connectivity index (χ3v) is 13.5. The zero-order valence-electron chi connectivity index (χ0n) is 40.6. The van der Waals surface area contributed by atoms with E-state index in [0.29, 0.717) is 17.3 Å². The first-order valence-corrected chi connectivity index (χ1v) is 24.1. The molecule has 2 aromatic heterocycles. The number of carbonyl (C=O) groups excluding carboxylic acids is 1. The summed E-state index contributed by atoms with van der Waals surface area (Å²) in [5, 5.41) is 11.4. The van der Waals surface area contributed by atoms with Gasteiger partial charge in [-0.05, 0) is 81.5 Å². The number of unbranched alkanes of at least 4 members (excludes halogenated alkanes) is 1. The number of aromatic nitrogens is 4. The lowest BCUT2D eigenvalue weighted by Crippen LogP contribution is -2.39. The Kier molecular flexibility index (Phi) is 18.5. The zero-order valence-corrected chi connectivity index (χ0v) is 41.5. The summed E-state index contributed by atoms with van der Waals surface area (Å²) in [5.41, 5.74) is 0.734. The fourth-order valence-corrected chi connectivity index (χ4v) is 10.0. The van der Waals surface area contributed by atoms with Crippen molar-refractivity contribution in [1.82, 2.24) is 34.4 Å². The molecule has 2 N–H and O–H groups in total. The molecule has 0 aliphatic carbocycles. The minimum absolute atomic E-state index is 0.0000642. The van der Waals surface area contributed by atoms with Crippen LogP contribution in [-0.4, -0.2) is 120 Å². The summed E-state index contributed by atoms with van der Waals surface area (Å²) in [7, 11) is 4.92. The second-order valence-electron chi connectivity index (χ2n) is 17.2. The van der Waals surface area contributed by atoms with E-state index in [4.69, 9.17) is 38.0 Å². The summed E-state index contributed by atoms with van der Waals surface area (Å²) in [6, 6.07) is 27.2. The number of H-pyrrole nitrogens is 1. The van der Waals surface area contributed by atoms with Gasteiger partial charge in [0.2, 0.25) is 5.95 Å². The number of rotatable bonds is 24. The maximum Gasteiger partial charge on any atom is 0.471 e. The normalized spacial score (nSPS) is 16.9. The summed E-state index contributed by atoms with van der Waals surface area (Å²) >= 11 is 0. The van der Waals surface area contributed by atoms with E-state index < -0.39 is 50.2 Å². The van der Waals surface area contributed by atoms with E-state index in [1.165, 1.54) is 6.34 Å². The average Bonchev–Trinajstić information content (AvgIpc) is 3.91. The number of nitriles is 1. The number of aliphatic imine (C=N–C) groups is 1. The molecule has 0 saturated carbocycles. The van der Waals surface area contributed by atoms with Crippen molar-refractivity contribution in [3.63, 3.8) is 0 Å². The quantitative estimate of drug-likeness (QED) is 0.0198. The van der Waals surface area contributed by atoms with Crippen LogP contribution >= 0.6 is 8.53 Å². The Bertz CT molecular complexity index is 2550. The van der Waals surface area contributed by atoms with Gasteiger partial charge in [-0.1, -0.05) is 54.6 Å². The highest BCUT2D eigenvalue weighted by Gasteiger charge is 2.46. The number of benzene rings is 3. The molecule has 5 aromatic rings. The van der Waals surface area contributed by atoms with Gasteiger partial charge in [0, 0.05) is 45.6 Å². The fraction of sp³-hybridized carbons (Fsp3) is 0.469. The molecule has 21 heteroatoms. The van der Waals surface area contributed by atoms with Gasteiger partial charge in [0.25, 0.3) is 14.1 Å². The summed E-state index contributed by atoms with van der Waals surface area (Å²) in [6.45, 7) is 7.97. The number of ether oxygens (including phenoxy) is 4. The number of methoxy groups -OCH3 is 2. The van der Waals surface area contributed by atoms with Gasteiger partial charge in [-0.3, -0.25) is 19.1 Å². The molecule has 3 aromatic carbocycles. The van der Waals surface area contributed by atoms with Gasteiger partial charge < -0.3 is 38.2 Å². The first kappa shape index (κ1) is 53.4. The lowest BCUT2D eigenvalue weighted by Gasteiger charge is -2.39. The molecule has 6 rings (SSSR count). The van der Waals surface area contributed by atoms with Gasteiger partial charge >= 0.3 is 12.1 Å². The van der Waals surface area contributed by atoms with Crippen LogP contribution in [0.25, 0.3) is 11.2 Å². The van der Waals surface area contributed by atoms with Crippen molar-refractivity contribution in [2.24, 2.45) is 4.99 Å². The van der Waals surface area contributed by atoms with Gasteiger partial charge in [0.05, 0.1) is 52.4 Å². The molecule has 1 saturated heterocycles. The Balaban J connectivity index is 1.48. The second kappa shape index (κ2) is 24.3.